The summed E-state index contributed by atoms with van der Waals surface area (Å²) in [6.07, 6.45) is 0.683. The molecule has 0 unspecified atom stereocenters. The van der Waals surface area contributed by atoms with Gasteiger partial charge in [0.05, 0.1) is 5.69 Å². The number of thiophene rings is 1. The average Bonchev–Trinajstić information content (AvgIpc) is 3.11. The number of carbonyl (C=O) groups is 1. The fourth-order valence-corrected chi connectivity index (χ4v) is 3.54. The number of fused-ring (bicyclic) bond motifs is 1. The summed E-state index contributed by atoms with van der Waals surface area (Å²) in [4.78, 5) is 12.5. The minimum atomic E-state index is -0.341. The van der Waals surface area contributed by atoms with Crippen molar-refractivity contribution in [1.29, 1.82) is 0 Å². The van der Waals surface area contributed by atoms with Crippen LogP contribution in [0, 0.1) is 0 Å². The molecule has 2 aromatic heterocycles. The van der Waals surface area contributed by atoms with E-state index in [0.717, 1.165) is 22.5 Å². The van der Waals surface area contributed by atoms with Crippen LogP contribution in [0.15, 0.2) is 29.6 Å². The van der Waals surface area contributed by atoms with Gasteiger partial charge in [-0.25, -0.2) is 4.79 Å². The molecule has 4 nitrogen and oxygen atoms in total. The summed E-state index contributed by atoms with van der Waals surface area (Å²) in [6, 6.07) is 8.10. The van der Waals surface area contributed by atoms with Crippen LogP contribution in [0.5, 0.6) is 0 Å². The summed E-state index contributed by atoms with van der Waals surface area (Å²) in [7, 11) is 0. The minimum absolute atomic E-state index is 0.282. The Morgan fingerprint density at radius 3 is 3.05 bits per heavy atom. The Hall–Kier alpha value is -1.79. The highest BCUT2D eigenvalue weighted by molar-refractivity contribution is 7.17. The van der Waals surface area contributed by atoms with Gasteiger partial charge in [-0.2, -0.15) is 0 Å². The van der Waals surface area contributed by atoms with Crippen molar-refractivity contribution < 1.29 is 9.53 Å². The summed E-state index contributed by atoms with van der Waals surface area (Å²) in [5.41, 5.74) is 1.74. The fourth-order valence-electron chi connectivity index (χ4n) is 1.95. The first-order chi connectivity index (χ1) is 9.79. The van der Waals surface area contributed by atoms with Crippen molar-refractivity contribution in [3.8, 4) is 0 Å². The first-order valence-corrected chi connectivity index (χ1v) is 7.88. The third-order valence-corrected chi connectivity index (χ3v) is 4.76. The zero-order valence-corrected chi connectivity index (χ0v) is 12.5. The molecule has 0 saturated carbocycles. The van der Waals surface area contributed by atoms with E-state index >= 15 is 0 Å². The van der Waals surface area contributed by atoms with E-state index in [1.54, 1.807) is 11.3 Å². The molecule has 1 aromatic carbocycles. The molecule has 102 valence electrons. The average molecular weight is 304 g/mol. The van der Waals surface area contributed by atoms with E-state index in [1.165, 1.54) is 4.70 Å². The predicted octanol–water partition coefficient (Wildman–Crippen LogP) is 3.67. The Kier molecular flexibility index (Phi) is 3.75. The highest BCUT2D eigenvalue weighted by Crippen LogP contribution is 2.26. The highest BCUT2D eigenvalue weighted by Gasteiger charge is 2.17. The largest absolute Gasteiger partial charge is 0.456 e. The lowest BCUT2D eigenvalue weighted by Gasteiger charge is -2.03. The van der Waals surface area contributed by atoms with Crippen molar-refractivity contribution in [2.24, 2.45) is 0 Å². The van der Waals surface area contributed by atoms with Crippen molar-refractivity contribution in [2.75, 3.05) is 0 Å². The van der Waals surface area contributed by atoms with E-state index in [2.05, 4.69) is 15.7 Å². The molecule has 0 aliphatic carbocycles. The lowest BCUT2D eigenvalue weighted by atomic mass is 10.2. The van der Waals surface area contributed by atoms with Gasteiger partial charge in [-0.05, 0) is 34.8 Å². The Morgan fingerprint density at radius 1 is 1.35 bits per heavy atom. The van der Waals surface area contributed by atoms with Gasteiger partial charge in [-0.3, -0.25) is 0 Å². The van der Waals surface area contributed by atoms with E-state index in [1.807, 2.05) is 30.5 Å². The van der Waals surface area contributed by atoms with Crippen LogP contribution in [0.4, 0.5) is 0 Å². The maximum Gasteiger partial charge on any atom is 0.352 e. The number of rotatable bonds is 4. The van der Waals surface area contributed by atoms with Gasteiger partial charge in [0.1, 0.15) is 6.61 Å². The van der Waals surface area contributed by atoms with Crippen LogP contribution in [0.2, 0.25) is 0 Å². The van der Waals surface area contributed by atoms with Crippen molar-refractivity contribution in [3.63, 3.8) is 0 Å². The van der Waals surface area contributed by atoms with Gasteiger partial charge >= 0.3 is 5.97 Å². The molecule has 0 saturated heterocycles. The molecular weight excluding hydrogens is 292 g/mol. The molecule has 0 radical (unpaired) electrons. The maximum atomic E-state index is 12.0. The standard InChI is InChI=1S/C14H12N2O2S2/c1-2-11-13(20-16-15-11)14(17)18-7-9-8-19-12-6-4-3-5-10(9)12/h3-6,8H,2,7H2,1H3. The van der Waals surface area contributed by atoms with Crippen molar-refractivity contribution in [2.45, 2.75) is 20.0 Å². The van der Waals surface area contributed by atoms with Crippen LogP contribution in [-0.2, 0) is 17.8 Å². The quantitative estimate of drug-likeness (QED) is 0.690. The number of aryl methyl sites for hydroxylation is 1. The first kappa shape index (κ1) is 13.2. The van der Waals surface area contributed by atoms with Gasteiger partial charge in [-0.15, -0.1) is 16.4 Å². The number of benzene rings is 1. The number of ether oxygens (including phenoxy) is 1. The fraction of sp³-hybridized carbons (Fsp3) is 0.214. The Bertz CT molecular complexity index is 748. The Morgan fingerprint density at radius 2 is 2.20 bits per heavy atom. The lowest BCUT2D eigenvalue weighted by molar-refractivity contribution is 0.0479. The molecule has 0 aliphatic rings. The molecule has 0 amide bonds. The summed E-state index contributed by atoms with van der Waals surface area (Å²) < 4.78 is 10.4. The van der Waals surface area contributed by atoms with Gasteiger partial charge in [0.15, 0.2) is 4.88 Å². The number of nitrogens with zero attached hydrogens (tertiary/aromatic N) is 2. The van der Waals surface area contributed by atoms with E-state index in [4.69, 9.17) is 4.74 Å². The molecule has 0 N–H and O–H groups in total. The topological polar surface area (TPSA) is 52.1 Å². The second-order valence-corrected chi connectivity index (χ2v) is 5.90. The molecule has 0 spiro atoms. The summed E-state index contributed by atoms with van der Waals surface area (Å²) >= 11 is 2.75. The third kappa shape index (κ3) is 2.44. The molecule has 2 heterocycles. The first-order valence-electron chi connectivity index (χ1n) is 6.23. The van der Waals surface area contributed by atoms with Gasteiger partial charge in [0, 0.05) is 10.3 Å². The molecule has 0 atom stereocenters. The summed E-state index contributed by atoms with van der Waals surface area (Å²) in [5.74, 6) is -0.341. The van der Waals surface area contributed by atoms with Crippen molar-refractivity contribution >= 4 is 38.9 Å². The Balaban J connectivity index is 1.75. The molecule has 0 bridgehead atoms. The molecule has 3 aromatic rings. The monoisotopic (exact) mass is 304 g/mol. The molecule has 0 aliphatic heterocycles. The lowest BCUT2D eigenvalue weighted by Crippen LogP contribution is -2.05. The second kappa shape index (κ2) is 5.68. The van der Waals surface area contributed by atoms with E-state index in [0.29, 0.717) is 17.0 Å². The van der Waals surface area contributed by atoms with E-state index in [-0.39, 0.29) is 12.6 Å². The summed E-state index contributed by atoms with van der Waals surface area (Å²) in [6.45, 7) is 2.23. The van der Waals surface area contributed by atoms with E-state index in [9.17, 15) is 4.79 Å². The zero-order valence-electron chi connectivity index (χ0n) is 10.8. The second-order valence-electron chi connectivity index (χ2n) is 4.24. The van der Waals surface area contributed by atoms with Crippen molar-refractivity contribution in [1.82, 2.24) is 9.59 Å². The number of esters is 1. The zero-order chi connectivity index (χ0) is 13.9. The molecule has 3 rings (SSSR count). The highest BCUT2D eigenvalue weighted by atomic mass is 32.1. The molecule has 6 heteroatoms. The molecule has 20 heavy (non-hydrogen) atoms. The van der Waals surface area contributed by atoms with Gasteiger partial charge in [-0.1, -0.05) is 29.6 Å². The van der Waals surface area contributed by atoms with E-state index < -0.39 is 0 Å². The molecular formula is C14H12N2O2S2. The Labute approximate surface area is 124 Å². The van der Waals surface area contributed by atoms with Crippen LogP contribution < -0.4 is 0 Å². The summed E-state index contributed by atoms with van der Waals surface area (Å²) in [5, 5.41) is 7.09. The van der Waals surface area contributed by atoms with Gasteiger partial charge in [0.25, 0.3) is 0 Å². The number of hydrogen-bond acceptors (Lipinski definition) is 6. The predicted molar refractivity (Wildman–Crippen MR) is 80.2 cm³/mol. The van der Waals surface area contributed by atoms with Crippen LogP contribution in [-0.4, -0.2) is 15.6 Å². The van der Waals surface area contributed by atoms with Crippen LogP contribution in [0.3, 0.4) is 0 Å². The SMILES string of the molecule is CCc1nnsc1C(=O)OCc1csc2ccccc12. The maximum absolute atomic E-state index is 12.0. The number of carbonyl (C=O) groups excluding carboxylic acids is 1. The minimum Gasteiger partial charge on any atom is -0.456 e. The van der Waals surface area contributed by atoms with Gasteiger partial charge in [0.2, 0.25) is 0 Å². The number of aromatic nitrogens is 2. The van der Waals surface area contributed by atoms with Crippen molar-refractivity contribution in [3.05, 3.63) is 45.8 Å². The van der Waals surface area contributed by atoms with Crippen LogP contribution in [0.1, 0.15) is 27.9 Å². The smallest absolute Gasteiger partial charge is 0.352 e. The number of hydrogen-bond donors (Lipinski definition) is 0. The van der Waals surface area contributed by atoms with Gasteiger partial charge < -0.3 is 4.74 Å². The normalized spacial score (nSPS) is 10.8. The molecule has 0 fully saturated rings. The third-order valence-electron chi connectivity index (χ3n) is 3.00. The van der Waals surface area contributed by atoms with Crippen LogP contribution in [0.25, 0.3) is 10.1 Å². The van der Waals surface area contributed by atoms with Crippen LogP contribution >= 0.6 is 22.9 Å².